The first-order valence-corrected chi connectivity index (χ1v) is 4.24. The molecule has 1 heterocycles. The molecule has 1 aromatic carbocycles. The number of carbonyl (C=O) groups excluding carboxylic acids is 2. The first-order valence-electron chi connectivity index (χ1n) is 4.24. The van der Waals surface area contributed by atoms with Gasteiger partial charge >= 0.3 is 5.97 Å². The average Bonchev–Trinajstić information content (AvgIpc) is 2.65. The number of esters is 1. The second kappa shape index (κ2) is 3.46. The van der Waals surface area contributed by atoms with E-state index in [2.05, 4.69) is 4.74 Å². The number of rotatable bonds is 2. The van der Waals surface area contributed by atoms with Crippen molar-refractivity contribution in [1.82, 2.24) is 0 Å². The molecule has 0 saturated heterocycles. The van der Waals surface area contributed by atoms with Crippen molar-refractivity contribution in [1.29, 1.82) is 0 Å². The topological polar surface area (TPSA) is 43.4 Å². The molecule has 0 aliphatic carbocycles. The van der Waals surface area contributed by atoms with E-state index in [0.29, 0.717) is 11.1 Å². The molecular formula is C11H8O3. The van der Waals surface area contributed by atoms with Crippen LogP contribution in [0.2, 0.25) is 0 Å². The Hall–Kier alpha value is -1.90. The van der Waals surface area contributed by atoms with Crippen LogP contribution in [0.25, 0.3) is 0 Å². The molecule has 0 bridgehead atoms. The van der Waals surface area contributed by atoms with Gasteiger partial charge in [-0.15, -0.1) is 0 Å². The van der Waals surface area contributed by atoms with Gasteiger partial charge in [-0.1, -0.05) is 30.3 Å². The van der Waals surface area contributed by atoms with E-state index in [1.54, 1.807) is 24.3 Å². The minimum absolute atomic E-state index is 0.0898. The van der Waals surface area contributed by atoms with Gasteiger partial charge in [-0.2, -0.15) is 0 Å². The number of cyclic esters (lactones) is 1. The molecule has 0 radical (unpaired) electrons. The van der Waals surface area contributed by atoms with Crippen molar-refractivity contribution in [3.8, 4) is 0 Å². The van der Waals surface area contributed by atoms with Gasteiger partial charge in [-0.25, -0.2) is 4.79 Å². The first-order chi connectivity index (χ1) is 6.77. The molecule has 1 aromatic rings. The van der Waals surface area contributed by atoms with Gasteiger partial charge in [0.05, 0.1) is 0 Å². The van der Waals surface area contributed by atoms with Gasteiger partial charge in [-0.3, -0.25) is 4.79 Å². The summed E-state index contributed by atoms with van der Waals surface area (Å²) in [7, 11) is 0. The van der Waals surface area contributed by atoms with Crippen LogP contribution in [0.1, 0.15) is 10.4 Å². The van der Waals surface area contributed by atoms with Crippen molar-refractivity contribution in [2.24, 2.45) is 0 Å². The number of ketones is 1. The highest BCUT2D eigenvalue weighted by molar-refractivity contribution is 6.12. The Balaban J connectivity index is 2.26. The van der Waals surface area contributed by atoms with E-state index in [1.165, 1.54) is 6.08 Å². The predicted octanol–water partition coefficient (Wildman–Crippen LogP) is 1.35. The Morgan fingerprint density at radius 3 is 2.50 bits per heavy atom. The first kappa shape index (κ1) is 8.69. The summed E-state index contributed by atoms with van der Waals surface area (Å²) in [6.45, 7) is 0.0898. The molecule has 3 nitrogen and oxygen atoms in total. The zero-order valence-electron chi connectivity index (χ0n) is 7.40. The van der Waals surface area contributed by atoms with Gasteiger partial charge < -0.3 is 4.74 Å². The predicted molar refractivity (Wildman–Crippen MR) is 49.8 cm³/mol. The lowest BCUT2D eigenvalue weighted by atomic mass is 10.0. The Bertz CT molecular complexity index is 404. The molecule has 1 aliphatic rings. The van der Waals surface area contributed by atoms with Crippen LogP contribution < -0.4 is 0 Å². The van der Waals surface area contributed by atoms with Gasteiger partial charge in [-0.05, 0) is 0 Å². The molecule has 3 heteroatoms. The maximum atomic E-state index is 11.7. The Morgan fingerprint density at radius 1 is 1.21 bits per heavy atom. The molecular weight excluding hydrogens is 180 g/mol. The van der Waals surface area contributed by atoms with Crippen LogP contribution >= 0.6 is 0 Å². The Morgan fingerprint density at radius 2 is 1.93 bits per heavy atom. The van der Waals surface area contributed by atoms with Gasteiger partial charge in [0.1, 0.15) is 6.61 Å². The van der Waals surface area contributed by atoms with Crippen molar-refractivity contribution in [3.05, 3.63) is 47.5 Å². The van der Waals surface area contributed by atoms with E-state index in [9.17, 15) is 9.59 Å². The molecule has 1 aliphatic heterocycles. The van der Waals surface area contributed by atoms with Crippen LogP contribution in [0.5, 0.6) is 0 Å². The van der Waals surface area contributed by atoms with Gasteiger partial charge in [0.15, 0.2) is 5.78 Å². The summed E-state index contributed by atoms with van der Waals surface area (Å²) in [5.74, 6) is -0.583. The molecule has 0 amide bonds. The number of carbonyl (C=O) groups is 2. The Kier molecular flexibility index (Phi) is 2.14. The summed E-state index contributed by atoms with van der Waals surface area (Å²) in [5, 5.41) is 0. The lowest BCUT2D eigenvalue weighted by Crippen LogP contribution is -2.04. The van der Waals surface area contributed by atoms with Crippen LogP contribution in [-0.2, 0) is 9.53 Å². The number of benzene rings is 1. The van der Waals surface area contributed by atoms with Gasteiger partial charge in [0, 0.05) is 17.2 Å². The van der Waals surface area contributed by atoms with Crippen LogP contribution in [0, 0.1) is 0 Å². The summed E-state index contributed by atoms with van der Waals surface area (Å²) in [5.41, 5.74) is 0.998. The fraction of sp³-hybridized carbons (Fsp3) is 0.0909. The monoisotopic (exact) mass is 188 g/mol. The van der Waals surface area contributed by atoms with Crippen LogP contribution in [-0.4, -0.2) is 18.4 Å². The molecule has 0 unspecified atom stereocenters. The van der Waals surface area contributed by atoms with Crippen molar-refractivity contribution in [2.75, 3.05) is 6.61 Å². The van der Waals surface area contributed by atoms with E-state index in [4.69, 9.17) is 0 Å². The lowest BCUT2D eigenvalue weighted by molar-refractivity contribution is -0.134. The summed E-state index contributed by atoms with van der Waals surface area (Å²) >= 11 is 0. The summed E-state index contributed by atoms with van der Waals surface area (Å²) in [6, 6.07) is 8.83. The summed E-state index contributed by atoms with van der Waals surface area (Å²) < 4.78 is 4.66. The normalized spacial score (nSPS) is 14.9. The van der Waals surface area contributed by atoms with E-state index in [1.807, 2.05) is 6.07 Å². The largest absolute Gasteiger partial charge is 0.457 e. The molecule has 0 fully saturated rings. The van der Waals surface area contributed by atoms with E-state index < -0.39 is 5.97 Å². The van der Waals surface area contributed by atoms with Crippen molar-refractivity contribution in [2.45, 2.75) is 0 Å². The quantitative estimate of drug-likeness (QED) is 0.519. The van der Waals surface area contributed by atoms with Crippen molar-refractivity contribution in [3.63, 3.8) is 0 Å². The molecule has 0 atom stereocenters. The van der Waals surface area contributed by atoms with Gasteiger partial charge in [0.25, 0.3) is 0 Å². The fourth-order valence-corrected chi connectivity index (χ4v) is 1.28. The minimum Gasteiger partial charge on any atom is -0.457 e. The standard InChI is InChI=1S/C11H8O3/c12-10-6-9(7-14-10)11(13)8-4-2-1-3-5-8/h1-6H,7H2. The van der Waals surface area contributed by atoms with E-state index in [0.717, 1.165) is 0 Å². The molecule has 2 rings (SSSR count). The third-order valence-corrected chi connectivity index (χ3v) is 1.99. The van der Waals surface area contributed by atoms with Gasteiger partial charge in [0.2, 0.25) is 0 Å². The highest BCUT2D eigenvalue weighted by Crippen LogP contribution is 2.13. The van der Waals surface area contributed by atoms with Crippen molar-refractivity contribution < 1.29 is 14.3 Å². The number of hydrogen-bond donors (Lipinski definition) is 0. The molecule has 0 saturated carbocycles. The zero-order valence-corrected chi connectivity index (χ0v) is 7.40. The zero-order chi connectivity index (χ0) is 9.97. The number of ether oxygens (including phenoxy) is 1. The highest BCUT2D eigenvalue weighted by Gasteiger charge is 2.20. The Labute approximate surface area is 81.0 Å². The number of hydrogen-bond acceptors (Lipinski definition) is 3. The number of Topliss-reactive ketones (excluding diaryl/α,β-unsaturated/α-hetero) is 1. The highest BCUT2D eigenvalue weighted by atomic mass is 16.5. The maximum Gasteiger partial charge on any atom is 0.331 e. The molecule has 0 N–H and O–H groups in total. The third kappa shape index (κ3) is 1.57. The molecule has 14 heavy (non-hydrogen) atoms. The lowest BCUT2D eigenvalue weighted by Gasteiger charge is -1.98. The SMILES string of the molecule is O=C1C=C(C(=O)c2ccccc2)CO1. The third-order valence-electron chi connectivity index (χ3n) is 1.99. The maximum absolute atomic E-state index is 11.7. The summed E-state index contributed by atoms with van der Waals surface area (Å²) in [6.07, 6.45) is 1.25. The second-order valence-corrected chi connectivity index (χ2v) is 2.97. The second-order valence-electron chi connectivity index (χ2n) is 2.97. The fourth-order valence-electron chi connectivity index (χ4n) is 1.28. The van der Waals surface area contributed by atoms with Crippen LogP contribution in [0.15, 0.2) is 42.0 Å². The van der Waals surface area contributed by atoms with Crippen molar-refractivity contribution >= 4 is 11.8 Å². The van der Waals surface area contributed by atoms with Crippen LogP contribution in [0.4, 0.5) is 0 Å². The smallest absolute Gasteiger partial charge is 0.331 e. The van der Waals surface area contributed by atoms with Crippen LogP contribution in [0.3, 0.4) is 0 Å². The minimum atomic E-state index is -0.440. The molecule has 0 spiro atoms. The van der Waals surface area contributed by atoms with E-state index >= 15 is 0 Å². The van der Waals surface area contributed by atoms with E-state index in [-0.39, 0.29) is 12.4 Å². The summed E-state index contributed by atoms with van der Waals surface area (Å²) in [4.78, 5) is 22.4. The molecule has 0 aromatic heterocycles. The molecule has 70 valence electrons. The average molecular weight is 188 g/mol.